The maximum Gasteiger partial charge on any atom is 0.242 e. The second-order valence-electron chi connectivity index (χ2n) is 5.42. The number of nitrogens with two attached hydrogens (primary N) is 1. The fourth-order valence-electron chi connectivity index (χ4n) is 2.47. The number of nitrogens with one attached hydrogen (secondary N) is 1. The SMILES string of the molecule is Cc1cc(N)c(S(=O)(=O)NCCN2CCCC2)cc1C. The standard InChI is InChI=1S/C14H23N3O2S/c1-11-9-13(15)14(10-12(11)2)20(18,19)16-5-8-17-6-3-4-7-17/h9-10,16H,3-8,15H2,1-2H3. The predicted molar refractivity (Wildman–Crippen MR) is 81.2 cm³/mol. The van der Waals surface area contributed by atoms with Gasteiger partial charge >= 0.3 is 0 Å². The van der Waals surface area contributed by atoms with Crippen LogP contribution in [-0.4, -0.2) is 39.5 Å². The third-order valence-corrected chi connectivity index (χ3v) is 5.35. The van der Waals surface area contributed by atoms with E-state index in [4.69, 9.17) is 5.73 Å². The molecule has 0 aliphatic carbocycles. The molecule has 0 radical (unpaired) electrons. The van der Waals surface area contributed by atoms with Crippen molar-refractivity contribution in [1.29, 1.82) is 0 Å². The van der Waals surface area contributed by atoms with Gasteiger partial charge in [0, 0.05) is 13.1 Å². The van der Waals surface area contributed by atoms with Crippen molar-refractivity contribution >= 4 is 15.7 Å². The lowest BCUT2D eigenvalue weighted by atomic mass is 10.1. The van der Waals surface area contributed by atoms with E-state index in [9.17, 15) is 8.42 Å². The summed E-state index contributed by atoms with van der Waals surface area (Å²) < 4.78 is 27.2. The van der Waals surface area contributed by atoms with Crippen LogP contribution in [-0.2, 0) is 10.0 Å². The van der Waals surface area contributed by atoms with Crippen molar-refractivity contribution in [2.24, 2.45) is 0 Å². The molecule has 1 saturated heterocycles. The third kappa shape index (κ3) is 3.50. The molecule has 1 aliphatic heterocycles. The maximum atomic E-state index is 12.3. The second kappa shape index (κ2) is 6.11. The molecule has 20 heavy (non-hydrogen) atoms. The van der Waals surface area contributed by atoms with Crippen LogP contribution < -0.4 is 10.5 Å². The highest BCUT2D eigenvalue weighted by Crippen LogP contribution is 2.22. The van der Waals surface area contributed by atoms with Gasteiger partial charge in [-0.15, -0.1) is 0 Å². The lowest BCUT2D eigenvalue weighted by molar-refractivity contribution is 0.344. The first kappa shape index (κ1) is 15.3. The fraction of sp³-hybridized carbons (Fsp3) is 0.571. The molecule has 2 rings (SSSR count). The van der Waals surface area contributed by atoms with Gasteiger partial charge in [0.25, 0.3) is 0 Å². The van der Waals surface area contributed by atoms with Crippen LogP contribution in [0.5, 0.6) is 0 Å². The Bertz CT molecular complexity index is 578. The van der Waals surface area contributed by atoms with E-state index >= 15 is 0 Å². The van der Waals surface area contributed by atoms with Crippen molar-refractivity contribution in [2.45, 2.75) is 31.6 Å². The summed E-state index contributed by atoms with van der Waals surface area (Å²) in [5.74, 6) is 0. The number of hydrogen-bond acceptors (Lipinski definition) is 4. The van der Waals surface area contributed by atoms with Crippen LogP contribution in [0.2, 0.25) is 0 Å². The number of rotatable bonds is 5. The summed E-state index contributed by atoms with van der Waals surface area (Å²) in [5.41, 5.74) is 8.08. The molecule has 0 amide bonds. The number of hydrogen-bond donors (Lipinski definition) is 2. The quantitative estimate of drug-likeness (QED) is 0.802. The van der Waals surface area contributed by atoms with Gasteiger partial charge in [-0.05, 0) is 63.0 Å². The van der Waals surface area contributed by atoms with Crippen molar-refractivity contribution in [3.8, 4) is 0 Å². The van der Waals surface area contributed by atoms with Gasteiger partial charge in [0.1, 0.15) is 4.90 Å². The van der Waals surface area contributed by atoms with Gasteiger partial charge in [-0.3, -0.25) is 0 Å². The number of anilines is 1. The molecule has 0 bridgehead atoms. The summed E-state index contributed by atoms with van der Waals surface area (Å²) in [5, 5.41) is 0. The molecule has 0 atom stereocenters. The van der Waals surface area contributed by atoms with Gasteiger partial charge in [0.2, 0.25) is 10.0 Å². The fourth-order valence-corrected chi connectivity index (χ4v) is 3.68. The molecule has 112 valence electrons. The van der Waals surface area contributed by atoms with Gasteiger partial charge in [0.05, 0.1) is 5.69 Å². The lowest BCUT2D eigenvalue weighted by Gasteiger charge is -2.16. The number of likely N-dealkylation sites (tertiary alicyclic amines) is 1. The van der Waals surface area contributed by atoms with Crippen molar-refractivity contribution in [2.75, 3.05) is 31.9 Å². The Kier molecular flexibility index (Phi) is 4.67. The lowest BCUT2D eigenvalue weighted by Crippen LogP contribution is -2.33. The Labute approximate surface area is 121 Å². The summed E-state index contributed by atoms with van der Waals surface area (Å²) in [4.78, 5) is 2.45. The predicted octanol–water partition coefficient (Wildman–Crippen LogP) is 1.26. The van der Waals surface area contributed by atoms with Crippen LogP contribution in [0, 0.1) is 13.8 Å². The highest BCUT2D eigenvalue weighted by molar-refractivity contribution is 7.89. The molecule has 1 heterocycles. The average molecular weight is 297 g/mol. The topological polar surface area (TPSA) is 75.4 Å². The Balaban J connectivity index is 2.04. The maximum absolute atomic E-state index is 12.3. The van der Waals surface area contributed by atoms with E-state index in [1.165, 1.54) is 12.8 Å². The van der Waals surface area contributed by atoms with Crippen molar-refractivity contribution < 1.29 is 8.42 Å². The van der Waals surface area contributed by atoms with E-state index in [0.29, 0.717) is 12.2 Å². The monoisotopic (exact) mass is 297 g/mol. The van der Waals surface area contributed by atoms with E-state index < -0.39 is 10.0 Å². The molecule has 0 unspecified atom stereocenters. The minimum absolute atomic E-state index is 0.182. The van der Waals surface area contributed by atoms with E-state index in [0.717, 1.165) is 30.8 Å². The zero-order valence-corrected chi connectivity index (χ0v) is 13.0. The molecule has 1 aliphatic rings. The minimum atomic E-state index is -3.52. The first-order valence-corrected chi connectivity index (χ1v) is 8.47. The number of benzene rings is 1. The molecule has 1 aromatic rings. The molecular weight excluding hydrogens is 274 g/mol. The minimum Gasteiger partial charge on any atom is -0.398 e. The molecular formula is C14H23N3O2S. The molecule has 0 spiro atoms. The van der Waals surface area contributed by atoms with Gasteiger partial charge < -0.3 is 10.6 Å². The Morgan fingerprint density at radius 1 is 1.20 bits per heavy atom. The molecule has 1 fully saturated rings. The largest absolute Gasteiger partial charge is 0.398 e. The van der Waals surface area contributed by atoms with E-state index in [-0.39, 0.29) is 4.90 Å². The van der Waals surface area contributed by atoms with E-state index in [2.05, 4.69) is 9.62 Å². The van der Waals surface area contributed by atoms with Crippen LogP contribution >= 0.6 is 0 Å². The Morgan fingerprint density at radius 2 is 1.80 bits per heavy atom. The smallest absolute Gasteiger partial charge is 0.242 e. The molecule has 0 saturated carbocycles. The van der Waals surface area contributed by atoms with E-state index in [1.54, 1.807) is 12.1 Å². The highest BCUT2D eigenvalue weighted by atomic mass is 32.2. The second-order valence-corrected chi connectivity index (χ2v) is 7.16. The summed E-state index contributed by atoms with van der Waals surface area (Å²) in [7, 11) is -3.52. The zero-order chi connectivity index (χ0) is 14.8. The summed E-state index contributed by atoms with van der Waals surface area (Å²) in [6.07, 6.45) is 2.41. The molecule has 3 N–H and O–H groups in total. The highest BCUT2D eigenvalue weighted by Gasteiger charge is 2.19. The van der Waals surface area contributed by atoms with Crippen LogP contribution in [0.3, 0.4) is 0 Å². The molecule has 0 aromatic heterocycles. The Morgan fingerprint density at radius 3 is 2.45 bits per heavy atom. The van der Waals surface area contributed by atoms with E-state index in [1.807, 2.05) is 13.8 Å². The average Bonchev–Trinajstić information content (AvgIpc) is 2.86. The number of aryl methyl sites for hydroxylation is 2. The van der Waals surface area contributed by atoms with Gasteiger partial charge in [-0.25, -0.2) is 13.1 Å². The number of nitrogens with zero attached hydrogens (tertiary/aromatic N) is 1. The van der Waals surface area contributed by atoms with Crippen molar-refractivity contribution in [1.82, 2.24) is 9.62 Å². The van der Waals surface area contributed by atoms with Gasteiger partial charge in [-0.1, -0.05) is 0 Å². The summed E-state index contributed by atoms with van der Waals surface area (Å²) in [6, 6.07) is 3.35. The number of nitrogen functional groups attached to an aromatic ring is 1. The van der Waals surface area contributed by atoms with Crippen LogP contribution in [0.1, 0.15) is 24.0 Å². The van der Waals surface area contributed by atoms with Crippen LogP contribution in [0.4, 0.5) is 5.69 Å². The van der Waals surface area contributed by atoms with Crippen LogP contribution in [0.15, 0.2) is 17.0 Å². The zero-order valence-electron chi connectivity index (χ0n) is 12.1. The first-order chi connectivity index (χ1) is 9.40. The summed E-state index contributed by atoms with van der Waals surface area (Å²) >= 11 is 0. The summed E-state index contributed by atoms with van der Waals surface area (Å²) in [6.45, 7) is 7.11. The molecule has 1 aromatic carbocycles. The van der Waals surface area contributed by atoms with Gasteiger partial charge in [-0.2, -0.15) is 0 Å². The molecule has 6 heteroatoms. The molecule has 5 nitrogen and oxygen atoms in total. The normalized spacial score (nSPS) is 16.7. The Hall–Kier alpha value is -1.11. The van der Waals surface area contributed by atoms with Crippen molar-refractivity contribution in [3.05, 3.63) is 23.3 Å². The van der Waals surface area contributed by atoms with Crippen LogP contribution in [0.25, 0.3) is 0 Å². The van der Waals surface area contributed by atoms with Gasteiger partial charge in [0.15, 0.2) is 0 Å². The number of sulfonamides is 1. The third-order valence-electron chi connectivity index (χ3n) is 3.83. The van der Waals surface area contributed by atoms with Crippen molar-refractivity contribution in [3.63, 3.8) is 0 Å². The first-order valence-electron chi connectivity index (χ1n) is 6.99.